The maximum absolute atomic E-state index is 12.2. The number of amides is 2. The first-order valence-corrected chi connectivity index (χ1v) is 8.81. The number of benzene rings is 2. The van der Waals surface area contributed by atoms with E-state index in [1.54, 1.807) is 7.11 Å². The highest BCUT2D eigenvalue weighted by molar-refractivity contribution is 6.04. The van der Waals surface area contributed by atoms with E-state index in [9.17, 15) is 9.59 Å². The number of para-hydroxylation sites is 1. The monoisotopic (exact) mass is 354 g/mol. The van der Waals surface area contributed by atoms with E-state index in [1.807, 2.05) is 56.3 Å². The van der Waals surface area contributed by atoms with E-state index in [-0.39, 0.29) is 18.2 Å². The zero-order valence-corrected chi connectivity index (χ0v) is 15.6. The van der Waals surface area contributed by atoms with E-state index in [0.717, 1.165) is 34.5 Å². The fourth-order valence-corrected chi connectivity index (χ4v) is 2.73. The summed E-state index contributed by atoms with van der Waals surface area (Å²) in [6, 6.07) is 13.6. The zero-order chi connectivity index (χ0) is 18.9. The van der Waals surface area contributed by atoms with Crippen LogP contribution in [0.1, 0.15) is 30.0 Å². The van der Waals surface area contributed by atoms with Gasteiger partial charge in [-0.1, -0.05) is 37.3 Å². The highest BCUT2D eigenvalue weighted by atomic mass is 16.5. The molecule has 2 N–H and O–H groups in total. The van der Waals surface area contributed by atoms with Crippen LogP contribution in [0.3, 0.4) is 0 Å². The summed E-state index contributed by atoms with van der Waals surface area (Å²) in [5.41, 5.74) is 3.98. The van der Waals surface area contributed by atoms with E-state index < -0.39 is 0 Å². The van der Waals surface area contributed by atoms with Gasteiger partial charge in [0.25, 0.3) is 0 Å². The molecule has 5 heteroatoms. The molecule has 0 heterocycles. The van der Waals surface area contributed by atoms with Gasteiger partial charge in [-0.15, -0.1) is 0 Å². The van der Waals surface area contributed by atoms with Crippen LogP contribution < -0.4 is 15.4 Å². The number of aryl methyl sites for hydroxylation is 2. The Balaban J connectivity index is 1.79. The van der Waals surface area contributed by atoms with Crippen LogP contribution in [0.15, 0.2) is 42.5 Å². The van der Waals surface area contributed by atoms with Crippen molar-refractivity contribution in [2.75, 3.05) is 19.0 Å². The van der Waals surface area contributed by atoms with Gasteiger partial charge in [-0.05, 0) is 48.6 Å². The lowest BCUT2D eigenvalue weighted by Gasteiger charge is -2.13. The van der Waals surface area contributed by atoms with Crippen LogP contribution in [0, 0.1) is 6.92 Å². The number of hydrogen-bond acceptors (Lipinski definition) is 3. The normalized spacial score (nSPS) is 10.3. The second kappa shape index (κ2) is 9.61. The highest BCUT2D eigenvalue weighted by Crippen LogP contribution is 2.21. The lowest BCUT2D eigenvalue weighted by Crippen LogP contribution is -2.30. The second-order valence-electron chi connectivity index (χ2n) is 6.14. The van der Waals surface area contributed by atoms with Crippen molar-refractivity contribution in [3.05, 3.63) is 59.2 Å². The fraction of sp³-hybridized carbons (Fsp3) is 0.333. The molecule has 5 nitrogen and oxygen atoms in total. The third-order valence-corrected chi connectivity index (χ3v) is 4.22. The van der Waals surface area contributed by atoms with Crippen molar-refractivity contribution < 1.29 is 14.3 Å². The highest BCUT2D eigenvalue weighted by Gasteiger charge is 2.12. The number of rotatable bonds is 8. The number of carbonyl (C=O) groups is 2. The van der Waals surface area contributed by atoms with Gasteiger partial charge in [0.05, 0.1) is 7.11 Å². The fourth-order valence-electron chi connectivity index (χ4n) is 2.73. The molecule has 2 aromatic rings. The number of nitrogens with one attached hydrogen (secondary N) is 2. The average molecular weight is 354 g/mol. The van der Waals surface area contributed by atoms with Crippen LogP contribution >= 0.6 is 0 Å². The van der Waals surface area contributed by atoms with Gasteiger partial charge in [-0.2, -0.15) is 0 Å². The van der Waals surface area contributed by atoms with Crippen LogP contribution in [-0.2, 0) is 22.4 Å². The third-order valence-electron chi connectivity index (χ3n) is 4.22. The van der Waals surface area contributed by atoms with Gasteiger partial charge < -0.3 is 15.4 Å². The van der Waals surface area contributed by atoms with Crippen LogP contribution in [0.25, 0.3) is 0 Å². The van der Waals surface area contributed by atoms with Crippen molar-refractivity contribution in [1.29, 1.82) is 0 Å². The van der Waals surface area contributed by atoms with Gasteiger partial charge in [0.1, 0.15) is 12.2 Å². The lowest BCUT2D eigenvalue weighted by molar-refractivity contribution is -0.126. The summed E-state index contributed by atoms with van der Waals surface area (Å²) >= 11 is 0. The van der Waals surface area contributed by atoms with Gasteiger partial charge in [-0.3, -0.25) is 9.59 Å². The Hall–Kier alpha value is -2.82. The van der Waals surface area contributed by atoms with Gasteiger partial charge in [0.2, 0.25) is 11.8 Å². The topological polar surface area (TPSA) is 67.4 Å². The molecule has 0 aliphatic rings. The van der Waals surface area contributed by atoms with Crippen molar-refractivity contribution in [3.63, 3.8) is 0 Å². The summed E-state index contributed by atoms with van der Waals surface area (Å²) in [6.07, 6.45) is 1.35. The molecule has 0 fully saturated rings. The standard InChI is InChI=1S/C21H26N2O3/c1-4-17-7-5-6-15(2)21(17)23-20(25)14-19(24)22-13-12-16-8-10-18(26-3)11-9-16/h5-11H,4,12-14H2,1-3H3,(H,22,24)(H,23,25). The SMILES string of the molecule is CCc1cccc(C)c1NC(=O)CC(=O)NCCc1ccc(OC)cc1. The van der Waals surface area contributed by atoms with Crippen LogP contribution in [0.5, 0.6) is 5.75 Å². The Labute approximate surface area is 154 Å². The van der Waals surface area contributed by atoms with E-state index in [1.165, 1.54) is 0 Å². The number of anilines is 1. The predicted octanol–water partition coefficient (Wildman–Crippen LogP) is 3.25. The largest absolute Gasteiger partial charge is 0.497 e. The molecule has 0 saturated carbocycles. The van der Waals surface area contributed by atoms with Gasteiger partial charge >= 0.3 is 0 Å². The van der Waals surface area contributed by atoms with Crippen molar-refractivity contribution in [2.24, 2.45) is 0 Å². The van der Waals surface area contributed by atoms with Crippen molar-refractivity contribution in [3.8, 4) is 5.75 Å². The van der Waals surface area contributed by atoms with Crippen molar-refractivity contribution in [1.82, 2.24) is 5.32 Å². The maximum Gasteiger partial charge on any atom is 0.233 e. The zero-order valence-electron chi connectivity index (χ0n) is 15.6. The smallest absolute Gasteiger partial charge is 0.233 e. The Morgan fingerprint density at radius 3 is 2.42 bits per heavy atom. The number of carbonyl (C=O) groups excluding carboxylic acids is 2. The molecule has 138 valence electrons. The first-order chi connectivity index (χ1) is 12.5. The summed E-state index contributed by atoms with van der Waals surface area (Å²) < 4.78 is 5.12. The molecule has 0 aliphatic carbocycles. The lowest BCUT2D eigenvalue weighted by atomic mass is 10.1. The molecule has 0 spiro atoms. The Morgan fingerprint density at radius 2 is 1.77 bits per heavy atom. The van der Waals surface area contributed by atoms with E-state index in [4.69, 9.17) is 4.74 Å². The van der Waals surface area contributed by atoms with Crippen LogP contribution in [-0.4, -0.2) is 25.5 Å². The van der Waals surface area contributed by atoms with Crippen LogP contribution in [0.4, 0.5) is 5.69 Å². The van der Waals surface area contributed by atoms with Crippen molar-refractivity contribution in [2.45, 2.75) is 33.1 Å². The predicted molar refractivity (Wildman–Crippen MR) is 104 cm³/mol. The minimum Gasteiger partial charge on any atom is -0.497 e. The number of ether oxygens (including phenoxy) is 1. The van der Waals surface area contributed by atoms with Crippen LogP contribution in [0.2, 0.25) is 0 Å². The molecule has 0 aromatic heterocycles. The summed E-state index contributed by atoms with van der Waals surface area (Å²) in [4.78, 5) is 24.1. The summed E-state index contributed by atoms with van der Waals surface area (Å²) in [7, 11) is 1.63. The first-order valence-electron chi connectivity index (χ1n) is 8.81. The summed E-state index contributed by atoms with van der Waals surface area (Å²) in [5, 5.41) is 5.66. The summed E-state index contributed by atoms with van der Waals surface area (Å²) in [6.45, 7) is 4.48. The molecule has 2 amide bonds. The van der Waals surface area contributed by atoms with Gasteiger partial charge in [0.15, 0.2) is 0 Å². The van der Waals surface area contributed by atoms with Crippen molar-refractivity contribution >= 4 is 17.5 Å². The van der Waals surface area contributed by atoms with Gasteiger partial charge in [0, 0.05) is 12.2 Å². The molecule has 26 heavy (non-hydrogen) atoms. The van der Waals surface area contributed by atoms with E-state index in [2.05, 4.69) is 10.6 Å². The number of methoxy groups -OCH3 is 1. The maximum atomic E-state index is 12.2. The molecular weight excluding hydrogens is 328 g/mol. The molecule has 0 atom stereocenters. The third kappa shape index (κ3) is 5.62. The minimum absolute atomic E-state index is 0.180. The summed E-state index contributed by atoms with van der Waals surface area (Å²) in [5.74, 6) is 0.232. The Kier molecular flexibility index (Phi) is 7.21. The molecule has 0 radical (unpaired) electrons. The molecule has 2 rings (SSSR count). The molecule has 0 bridgehead atoms. The molecule has 2 aromatic carbocycles. The van der Waals surface area contributed by atoms with E-state index in [0.29, 0.717) is 13.0 Å². The Morgan fingerprint density at radius 1 is 1.04 bits per heavy atom. The Bertz CT molecular complexity index is 754. The molecule has 0 unspecified atom stereocenters. The minimum atomic E-state index is -0.295. The second-order valence-corrected chi connectivity index (χ2v) is 6.14. The van der Waals surface area contributed by atoms with E-state index >= 15 is 0 Å². The number of hydrogen-bond donors (Lipinski definition) is 2. The molecule has 0 aliphatic heterocycles. The average Bonchev–Trinajstić information content (AvgIpc) is 2.64. The molecule has 0 saturated heterocycles. The molecular formula is C21H26N2O3. The van der Waals surface area contributed by atoms with Gasteiger partial charge in [-0.25, -0.2) is 0 Å². The quantitative estimate of drug-likeness (QED) is 0.715. The first kappa shape index (κ1) is 19.5.